The third-order valence-electron chi connectivity index (χ3n) is 2.09. The number of rotatable bonds is 3. The molecule has 0 unspecified atom stereocenters. The van der Waals surface area contributed by atoms with E-state index in [1.165, 1.54) is 12.3 Å². The van der Waals surface area contributed by atoms with Crippen LogP contribution in [-0.2, 0) is 0 Å². The molecule has 1 aromatic carbocycles. The second-order valence-electron chi connectivity index (χ2n) is 3.17. The van der Waals surface area contributed by atoms with E-state index < -0.39 is 4.92 Å². The summed E-state index contributed by atoms with van der Waals surface area (Å²) in [6.45, 7) is 0. The van der Waals surface area contributed by atoms with Crippen LogP contribution in [0.15, 0.2) is 53.1 Å². The van der Waals surface area contributed by atoms with Gasteiger partial charge in [-0.3, -0.25) is 10.1 Å². The fourth-order valence-corrected chi connectivity index (χ4v) is 1.36. The van der Waals surface area contributed by atoms with Gasteiger partial charge in [-0.1, -0.05) is 18.2 Å². The fourth-order valence-electron chi connectivity index (χ4n) is 1.36. The van der Waals surface area contributed by atoms with Gasteiger partial charge in [0.1, 0.15) is 5.76 Å². The summed E-state index contributed by atoms with van der Waals surface area (Å²) in [6.07, 6.45) is 2.89. The van der Waals surface area contributed by atoms with E-state index >= 15 is 0 Å². The first kappa shape index (κ1) is 10.2. The van der Waals surface area contributed by atoms with Crippen molar-refractivity contribution < 1.29 is 9.34 Å². The van der Waals surface area contributed by atoms with Crippen molar-refractivity contribution >= 4 is 11.8 Å². The highest BCUT2D eigenvalue weighted by Crippen LogP contribution is 2.18. The third-order valence-corrected chi connectivity index (χ3v) is 2.09. The Labute approximate surface area is 92.0 Å². The first-order chi connectivity index (χ1) is 7.77. The van der Waals surface area contributed by atoms with E-state index in [4.69, 9.17) is 4.42 Å². The SMILES string of the molecule is O=[N+]([O-])/C(=C/c1ccco1)c1ccccc1. The van der Waals surface area contributed by atoms with Crippen molar-refractivity contribution in [2.45, 2.75) is 0 Å². The van der Waals surface area contributed by atoms with Gasteiger partial charge in [0.05, 0.1) is 22.8 Å². The zero-order valence-electron chi connectivity index (χ0n) is 8.37. The van der Waals surface area contributed by atoms with Crippen LogP contribution in [0.1, 0.15) is 11.3 Å². The average molecular weight is 215 g/mol. The van der Waals surface area contributed by atoms with E-state index in [1.54, 1.807) is 36.4 Å². The highest BCUT2D eigenvalue weighted by molar-refractivity contribution is 5.74. The molecular formula is C12H9NO3. The van der Waals surface area contributed by atoms with E-state index in [-0.39, 0.29) is 5.70 Å². The molecule has 0 bridgehead atoms. The van der Waals surface area contributed by atoms with E-state index in [2.05, 4.69) is 0 Å². The monoisotopic (exact) mass is 215 g/mol. The molecule has 0 aliphatic heterocycles. The summed E-state index contributed by atoms with van der Waals surface area (Å²) >= 11 is 0. The normalized spacial score (nSPS) is 11.4. The zero-order valence-corrected chi connectivity index (χ0v) is 8.37. The van der Waals surface area contributed by atoms with Gasteiger partial charge in [0, 0.05) is 0 Å². The maximum atomic E-state index is 10.9. The molecule has 0 aliphatic carbocycles. The van der Waals surface area contributed by atoms with Crippen molar-refractivity contribution in [3.8, 4) is 0 Å². The molecule has 0 amide bonds. The number of hydrogen-bond donors (Lipinski definition) is 0. The van der Waals surface area contributed by atoms with Crippen LogP contribution in [0.2, 0.25) is 0 Å². The average Bonchev–Trinajstić information content (AvgIpc) is 2.79. The Bertz CT molecular complexity index is 500. The van der Waals surface area contributed by atoms with Crippen molar-refractivity contribution in [2.75, 3.05) is 0 Å². The van der Waals surface area contributed by atoms with Gasteiger partial charge in [-0.25, -0.2) is 0 Å². The molecular weight excluding hydrogens is 206 g/mol. The molecule has 0 N–H and O–H groups in total. The summed E-state index contributed by atoms with van der Waals surface area (Å²) in [7, 11) is 0. The van der Waals surface area contributed by atoms with Crippen LogP contribution >= 0.6 is 0 Å². The Morgan fingerprint density at radius 2 is 1.94 bits per heavy atom. The lowest BCUT2D eigenvalue weighted by Gasteiger charge is -1.97. The van der Waals surface area contributed by atoms with Gasteiger partial charge in [0.2, 0.25) is 0 Å². The van der Waals surface area contributed by atoms with Crippen molar-refractivity contribution in [1.82, 2.24) is 0 Å². The summed E-state index contributed by atoms with van der Waals surface area (Å²) in [5.41, 5.74) is 0.583. The predicted octanol–water partition coefficient (Wildman–Crippen LogP) is 3.05. The molecule has 2 aromatic rings. The molecule has 0 saturated carbocycles. The Morgan fingerprint density at radius 1 is 1.19 bits per heavy atom. The van der Waals surface area contributed by atoms with Crippen molar-refractivity contribution in [3.05, 3.63) is 70.2 Å². The largest absolute Gasteiger partial charge is 0.465 e. The number of furan rings is 1. The summed E-state index contributed by atoms with van der Waals surface area (Å²) < 4.78 is 5.05. The second-order valence-corrected chi connectivity index (χ2v) is 3.17. The first-order valence-corrected chi connectivity index (χ1v) is 4.72. The van der Waals surface area contributed by atoms with Crippen LogP contribution in [0.25, 0.3) is 11.8 Å². The standard InChI is InChI=1S/C12H9NO3/c14-13(15)12(9-11-7-4-8-16-11)10-5-2-1-3-6-10/h1-9H/b12-9+. The molecule has 0 saturated heterocycles. The Balaban J connectivity index is 2.43. The van der Waals surface area contributed by atoms with Gasteiger partial charge in [-0.2, -0.15) is 0 Å². The maximum Gasteiger partial charge on any atom is 0.280 e. The Morgan fingerprint density at radius 3 is 2.50 bits per heavy atom. The van der Waals surface area contributed by atoms with Gasteiger partial charge in [-0.05, 0) is 24.3 Å². The van der Waals surface area contributed by atoms with Crippen LogP contribution in [0.4, 0.5) is 0 Å². The maximum absolute atomic E-state index is 10.9. The zero-order chi connectivity index (χ0) is 11.4. The second kappa shape index (κ2) is 4.44. The van der Waals surface area contributed by atoms with Gasteiger partial charge in [0.25, 0.3) is 5.70 Å². The summed E-state index contributed by atoms with van der Waals surface area (Å²) in [5, 5.41) is 10.9. The Kier molecular flexibility index (Phi) is 2.82. The lowest BCUT2D eigenvalue weighted by atomic mass is 10.1. The number of nitro groups is 1. The first-order valence-electron chi connectivity index (χ1n) is 4.72. The smallest absolute Gasteiger partial charge is 0.280 e. The topological polar surface area (TPSA) is 56.3 Å². The van der Waals surface area contributed by atoms with Crippen LogP contribution in [0.3, 0.4) is 0 Å². The minimum Gasteiger partial charge on any atom is -0.465 e. The molecule has 1 aromatic heterocycles. The molecule has 4 heteroatoms. The summed E-state index contributed by atoms with van der Waals surface area (Å²) in [4.78, 5) is 10.5. The fraction of sp³-hybridized carbons (Fsp3) is 0. The highest BCUT2D eigenvalue weighted by Gasteiger charge is 2.14. The molecule has 1 heterocycles. The lowest BCUT2D eigenvalue weighted by molar-refractivity contribution is -0.374. The van der Waals surface area contributed by atoms with Crippen molar-refractivity contribution in [3.63, 3.8) is 0 Å². The molecule has 0 fully saturated rings. The van der Waals surface area contributed by atoms with Crippen molar-refractivity contribution in [2.24, 2.45) is 0 Å². The quantitative estimate of drug-likeness (QED) is 0.584. The van der Waals surface area contributed by atoms with Gasteiger partial charge in [0.15, 0.2) is 0 Å². The van der Waals surface area contributed by atoms with E-state index in [0.717, 1.165) is 0 Å². The number of nitrogens with zero attached hydrogens (tertiary/aromatic N) is 1. The molecule has 2 rings (SSSR count). The molecule has 16 heavy (non-hydrogen) atoms. The minimum atomic E-state index is -0.419. The lowest BCUT2D eigenvalue weighted by Crippen LogP contribution is -1.97. The van der Waals surface area contributed by atoms with Crippen LogP contribution in [-0.4, -0.2) is 4.92 Å². The minimum absolute atomic E-state index is 0.0237. The van der Waals surface area contributed by atoms with Gasteiger partial charge >= 0.3 is 0 Å². The van der Waals surface area contributed by atoms with Crippen LogP contribution in [0, 0.1) is 10.1 Å². The predicted molar refractivity (Wildman–Crippen MR) is 60.0 cm³/mol. The van der Waals surface area contributed by atoms with E-state index in [1.807, 2.05) is 6.07 Å². The number of hydrogen-bond acceptors (Lipinski definition) is 3. The van der Waals surface area contributed by atoms with E-state index in [9.17, 15) is 10.1 Å². The van der Waals surface area contributed by atoms with Gasteiger partial charge < -0.3 is 4.42 Å². The summed E-state index contributed by atoms with van der Waals surface area (Å²) in [6, 6.07) is 12.1. The summed E-state index contributed by atoms with van der Waals surface area (Å²) in [5.74, 6) is 0.468. The van der Waals surface area contributed by atoms with Gasteiger partial charge in [-0.15, -0.1) is 0 Å². The highest BCUT2D eigenvalue weighted by atomic mass is 16.6. The van der Waals surface area contributed by atoms with Crippen molar-refractivity contribution in [1.29, 1.82) is 0 Å². The van der Waals surface area contributed by atoms with Crippen LogP contribution < -0.4 is 0 Å². The molecule has 0 aliphatic rings. The molecule has 0 atom stereocenters. The molecule has 0 radical (unpaired) electrons. The Hall–Kier alpha value is -2.36. The van der Waals surface area contributed by atoms with Crippen LogP contribution in [0.5, 0.6) is 0 Å². The molecule has 0 spiro atoms. The molecule has 4 nitrogen and oxygen atoms in total. The molecule has 80 valence electrons. The third kappa shape index (κ3) is 2.17. The van der Waals surface area contributed by atoms with E-state index in [0.29, 0.717) is 11.3 Å². The number of benzene rings is 1.